The van der Waals surface area contributed by atoms with Crippen LogP contribution in [0.5, 0.6) is 11.5 Å². The van der Waals surface area contributed by atoms with Gasteiger partial charge in [0.1, 0.15) is 17.1 Å². The summed E-state index contributed by atoms with van der Waals surface area (Å²) in [6.07, 6.45) is -0.420. The molecule has 0 saturated carbocycles. The highest BCUT2D eigenvalue weighted by molar-refractivity contribution is 5.70. The topological polar surface area (TPSA) is 96.0 Å². The van der Waals surface area contributed by atoms with E-state index in [0.717, 1.165) is 0 Å². The fourth-order valence-electron chi connectivity index (χ4n) is 2.20. The minimum atomic E-state index is -0.811. The molecule has 4 N–H and O–H groups in total. The van der Waals surface area contributed by atoms with Gasteiger partial charge in [-0.3, -0.25) is 0 Å². The molecule has 0 aliphatic carbocycles. The Balaban J connectivity index is 2.05. The van der Waals surface area contributed by atoms with Crippen molar-refractivity contribution in [2.24, 2.45) is 5.73 Å². The lowest BCUT2D eigenvalue weighted by atomic mass is 9.83. The molecule has 1 heterocycles. The van der Waals surface area contributed by atoms with Gasteiger partial charge in [0.15, 0.2) is 0 Å². The van der Waals surface area contributed by atoms with Gasteiger partial charge in [-0.15, -0.1) is 0 Å². The van der Waals surface area contributed by atoms with Crippen LogP contribution in [0.1, 0.15) is 26.3 Å². The Morgan fingerprint density at radius 1 is 1.35 bits per heavy atom. The van der Waals surface area contributed by atoms with Gasteiger partial charge in [0.2, 0.25) is 0 Å². The maximum atomic E-state index is 11.8. The quantitative estimate of drug-likeness (QED) is 0.724. The Bertz CT molecular complexity index is 530. The Kier molecular flexibility index (Phi) is 3.29. The van der Waals surface area contributed by atoms with Crippen LogP contribution in [-0.4, -0.2) is 39.9 Å². The lowest BCUT2D eigenvalue weighted by Crippen LogP contribution is -2.66. The molecule has 110 valence electrons. The number of nitrogens with two attached hydrogens (primary N) is 1. The van der Waals surface area contributed by atoms with Crippen molar-refractivity contribution in [3.63, 3.8) is 0 Å². The summed E-state index contributed by atoms with van der Waals surface area (Å²) >= 11 is 0. The first-order chi connectivity index (χ1) is 9.11. The third kappa shape index (κ3) is 2.80. The van der Waals surface area contributed by atoms with E-state index in [9.17, 15) is 15.0 Å². The largest absolute Gasteiger partial charge is 0.508 e. The number of amides is 1. The number of hydrogen-bond donors (Lipinski definition) is 3. The van der Waals surface area contributed by atoms with Gasteiger partial charge in [-0.1, -0.05) is 0 Å². The fourth-order valence-corrected chi connectivity index (χ4v) is 2.20. The van der Waals surface area contributed by atoms with E-state index in [2.05, 4.69) is 0 Å². The van der Waals surface area contributed by atoms with Crippen LogP contribution < -0.4 is 5.73 Å². The van der Waals surface area contributed by atoms with Crippen LogP contribution in [0.4, 0.5) is 4.79 Å². The van der Waals surface area contributed by atoms with E-state index in [1.807, 2.05) is 0 Å². The summed E-state index contributed by atoms with van der Waals surface area (Å²) in [5.41, 5.74) is 5.32. The zero-order valence-electron chi connectivity index (χ0n) is 11.9. The van der Waals surface area contributed by atoms with Crippen molar-refractivity contribution in [3.8, 4) is 11.5 Å². The Morgan fingerprint density at radius 3 is 2.45 bits per heavy atom. The summed E-state index contributed by atoms with van der Waals surface area (Å²) in [5.74, 6) is -0.102. The lowest BCUT2D eigenvalue weighted by Gasteiger charge is -2.47. The third-order valence-corrected chi connectivity index (χ3v) is 3.12. The van der Waals surface area contributed by atoms with Crippen LogP contribution in [0.25, 0.3) is 0 Å². The highest BCUT2D eigenvalue weighted by Gasteiger charge is 2.46. The second-order valence-electron chi connectivity index (χ2n) is 6.19. The number of benzene rings is 1. The molecule has 0 unspecified atom stereocenters. The Hall–Kier alpha value is -1.95. The zero-order valence-corrected chi connectivity index (χ0v) is 11.9. The molecular weight excluding hydrogens is 260 g/mol. The molecule has 6 heteroatoms. The van der Waals surface area contributed by atoms with E-state index < -0.39 is 17.2 Å². The first kappa shape index (κ1) is 14.5. The molecule has 2 rings (SSSR count). The molecule has 1 aliphatic rings. The molecule has 0 spiro atoms. The number of phenols is 2. The van der Waals surface area contributed by atoms with Crippen molar-refractivity contribution < 1.29 is 19.7 Å². The van der Waals surface area contributed by atoms with Gasteiger partial charge in [0, 0.05) is 24.7 Å². The Labute approximate surface area is 117 Å². The van der Waals surface area contributed by atoms with Crippen LogP contribution in [0.3, 0.4) is 0 Å². The number of nitrogens with zero attached hydrogens (tertiary/aromatic N) is 1. The van der Waals surface area contributed by atoms with Crippen LogP contribution in [0.2, 0.25) is 0 Å². The number of carbonyl (C=O) groups excluding carboxylic acids is 1. The van der Waals surface area contributed by atoms with E-state index >= 15 is 0 Å². The fraction of sp³-hybridized carbons (Fsp3) is 0.500. The summed E-state index contributed by atoms with van der Waals surface area (Å²) in [7, 11) is 0. The predicted molar refractivity (Wildman–Crippen MR) is 73.4 cm³/mol. The third-order valence-electron chi connectivity index (χ3n) is 3.12. The number of likely N-dealkylation sites (tertiary alicyclic amines) is 1. The van der Waals surface area contributed by atoms with Crippen LogP contribution >= 0.6 is 0 Å². The van der Waals surface area contributed by atoms with Gasteiger partial charge < -0.3 is 25.6 Å². The van der Waals surface area contributed by atoms with E-state index in [0.29, 0.717) is 5.56 Å². The van der Waals surface area contributed by atoms with Gasteiger partial charge in [-0.05, 0) is 32.9 Å². The standard InChI is InChI=1S/C14H20N2O4/c1-13(2,3)20-12(19)16-7-14(15,8-16)10-5-4-9(17)6-11(10)18/h4-6,17-18H,7-8,15H2,1-3H3. The number of ether oxygens (including phenoxy) is 1. The molecule has 1 aliphatic heterocycles. The van der Waals surface area contributed by atoms with Gasteiger partial charge in [-0.2, -0.15) is 0 Å². The van der Waals surface area contributed by atoms with E-state index in [1.165, 1.54) is 17.0 Å². The van der Waals surface area contributed by atoms with Crippen molar-refractivity contribution in [3.05, 3.63) is 23.8 Å². The SMILES string of the molecule is CC(C)(C)OC(=O)N1CC(N)(c2ccc(O)cc2O)C1. The molecule has 1 amide bonds. The summed E-state index contributed by atoms with van der Waals surface area (Å²) in [4.78, 5) is 13.3. The molecule has 6 nitrogen and oxygen atoms in total. The van der Waals surface area contributed by atoms with Gasteiger partial charge in [0.25, 0.3) is 0 Å². The molecule has 1 aromatic rings. The number of hydrogen-bond acceptors (Lipinski definition) is 5. The summed E-state index contributed by atoms with van der Waals surface area (Å²) in [6, 6.07) is 4.26. The second-order valence-corrected chi connectivity index (χ2v) is 6.19. The van der Waals surface area contributed by atoms with Gasteiger partial charge >= 0.3 is 6.09 Å². The van der Waals surface area contributed by atoms with Crippen molar-refractivity contribution in [2.75, 3.05) is 13.1 Å². The minimum Gasteiger partial charge on any atom is -0.508 e. The van der Waals surface area contributed by atoms with Crippen molar-refractivity contribution >= 4 is 6.09 Å². The summed E-state index contributed by atoms with van der Waals surface area (Å²) in [6.45, 7) is 5.92. The number of carbonyl (C=O) groups is 1. The molecule has 0 radical (unpaired) electrons. The molecule has 1 saturated heterocycles. The lowest BCUT2D eigenvalue weighted by molar-refractivity contribution is -0.00932. The molecule has 20 heavy (non-hydrogen) atoms. The molecule has 1 aromatic carbocycles. The van der Waals surface area contributed by atoms with Crippen molar-refractivity contribution in [1.29, 1.82) is 0 Å². The van der Waals surface area contributed by atoms with Gasteiger partial charge in [-0.25, -0.2) is 4.79 Å². The molecular formula is C14H20N2O4. The monoisotopic (exact) mass is 280 g/mol. The Morgan fingerprint density at radius 2 is 1.95 bits per heavy atom. The van der Waals surface area contributed by atoms with Crippen LogP contribution in [-0.2, 0) is 10.3 Å². The second kappa shape index (κ2) is 4.56. The van der Waals surface area contributed by atoms with Gasteiger partial charge in [0.05, 0.1) is 5.54 Å². The highest BCUT2D eigenvalue weighted by Crippen LogP contribution is 2.37. The maximum Gasteiger partial charge on any atom is 0.410 e. The summed E-state index contributed by atoms with van der Waals surface area (Å²) in [5, 5.41) is 19.1. The molecule has 0 bridgehead atoms. The number of rotatable bonds is 1. The molecule has 1 fully saturated rings. The number of phenolic OH excluding ortho intramolecular Hbond substituents is 2. The summed E-state index contributed by atoms with van der Waals surface area (Å²) < 4.78 is 5.25. The van der Waals surface area contributed by atoms with E-state index in [-0.39, 0.29) is 24.6 Å². The highest BCUT2D eigenvalue weighted by atomic mass is 16.6. The van der Waals surface area contributed by atoms with Crippen LogP contribution in [0.15, 0.2) is 18.2 Å². The van der Waals surface area contributed by atoms with E-state index in [1.54, 1.807) is 26.8 Å². The normalized spacial score (nSPS) is 17.5. The maximum absolute atomic E-state index is 11.8. The van der Waals surface area contributed by atoms with E-state index in [4.69, 9.17) is 10.5 Å². The molecule has 0 aromatic heterocycles. The number of aromatic hydroxyl groups is 2. The zero-order chi connectivity index (χ0) is 15.1. The smallest absolute Gasteiger partial charge is 0.410 e. The van der Waals surface area contributed by atoms with Crippen LogP contribution in [0, 0.1) is 0 Å². The van der Waals surface area contributed by atoms with Crippen molar-refractivity contribution in [2.45, 2.75) is 31.9 Å². The first-order valence-electron chi connectivity index (χ1n) is 6.40. The minimum absolute atomic E-state index is 0.0295. The predicted octanol–water partition coefficient (Wildman–Crippen LogP) is 1.50. The average molecular weight is 280 g/mol. The van der Waals surface area contributed by atoms with Crippen molar-refractivity contribution in [1.82, 2.24) is 4.90 Å². The first-order valence-corrected chi connectivity index (χ1v) is 6.40. The average Bonchev–Trinajstić information content (AvgIpc) is 2.22. The molecule has 0 atom stereocenters.